The smallest absolute Gasteiger partial charge is 0.339 e. The topological polar surface area (TPSA) is 62.2 Å². The number of carboxylic acid groups (broad SMARTS) is 1. The van der Waals surface area contributed by atoms with Crippen LogP contribution in [0.1, 0.15) is 10.4 Å². The highest BCUT2D eigenvalue weighted by molar-refractivity contribution is 14.1. The Morgan fingerprint density at radius 2 is 2.00 bits per heavy atom. The maximum absolute atomic E-state index is 11.0. The molecule has 0 saturated carbocycles. The minimum absolute atomic E-state index is 0.159. The number of nitrogens with zero attached hydrogens (tertiary/aromatic N) is 1. The number of halogens is 1. The van der Waals surface area contributed by atoms with Gasteiger partial charge in [0, 0.05) is 9.77 Å². The molecule has 0 fully saturated rings. The Balaban J connectivity index is 2.37. The van der Waals surface area contributed by atoms with Gasteiger partial charge in [-0.1, -0.05) is 12.1 Å². The van der Waals surface area contributed by atoms with E-state index in [1.165, 1.54) is 6.07 Å². The molecule has 4 nitrogen and oxygen atoms in total. The van der Waals surface area contributed by atoms with Crippen molar-refractivity contribution in [3.8, 4) is 0 Å². The second kappa shape index (κ2) is 5.13. The summed E-state index contributed by atoms with van der Waals surface area (Å²) < 4.78 is 1.01. The van der Waals surface area contributed by atoms with Gasteiger partial charge in [0.05, 0.1) is 5.69 Å². The van der Waals surface area contributed by atoms with Crippen LogP contribution in [0.3, 0.4) is 0 Å². The predicted molar refractivity (Wildman–Crippen MR) is 73.6 cm³/mol. The first-order valence-electron chi connectivity index (χ1n) is 4.88. The highest BCUT2D eigenvalue weighted by Gasteiger charge is 2.11. The second-order valence-corrected chi connectivity index (χ2v) is 4.47. The van der Waals surface area contributed by atoms with E-state index in [0.717, 1.165) is 9.26 Å². The number of pyridine rings is 1. The van der Waals surface area contributed by atoms with Crippen LogP contribution < -0.4 is 5.32 Å². The van der Waals surface area contributed by atoms with Gasteiger partial charge in [0.25, 0.3) is 0 Å². The van der Waals surface area contributed by atoms with Crippen molar-refractivity contribution in [2.45, 2.75) is 0 Å². The molecule has 0 aliphatic carbocycles. The van der Waals surface area contributed by atoms with E-state index in [-0.39, 0.29) is 5.56 Å². The molecule has 0 amide bonds. The molecule has 0 radical (unpaired) electrons. The molecule has 0 saturated heterocycles. The molecular weight excluding hydrogens is 331 g/mol. The van der Waals surface area contributed by atoms with E-state index in [9.17, 15) is 4.79 Å². The highest BCUT2D eigenvalue weighted by Crippen LogP contribution is 2.22. The number of para-hydroxylation sites is 1. The summed E-state index contributed by atoms with van der Waals surface area (Å²) in [5.74, 6) is -0.643. The summed E-state index contributed by atoms with van der Waals surface area (Å²) in [6.07, 6.45) is 1.56. The van der Waals surface area contributed by atoms with Gasteiger partial charge in [-0.15, -0.1) is 0 Å². The number of carboxylic acids is 1. The van der Waals surface area contributed by atoms with E-state index in [0.29, 0.717) is 5.82 Å². The van der Waals surface area contributed by atoms with Crippen LogP contribution in [0.5, 0.6) is 0 Å². The summed E-state index contributed by atoms with van der Waals surface area (Å²) >= 11 is 2.18. The third-order valence-electron chi connectivity index (χ3n) is 2.17. The number of nitrogens with one attached hydrogen (secondary N) is 1. The van der Waals surface area contributed by atoms with E-state index in [4.69, 9.17) is 5.11 Å². The Hall–Kier alpha value is -1.63. The maximum atomic E-state index is 11.0. The van der Waals surface area contributed by atoms with Crippen molar-refractivity contribution >= 4 is 40.1 Å². The van der Waals surface area contributed by atoms with Gasteiger partial charge in [0.1, 0.15) is 11.4 Å². The Labute approximate surface area is 112 Å². The van der Waals surface area contributed by atoms with Crippen LogP contribution in [0.4, 0.5) is 11.5 Å². The Morgan fingerprint density at radius 1 is 1.24 bits per heavy atom. The zero-order chi connectivity index (χ0) is 12.3. The zero-order valence-electron chi connectivity index (χ0n) is 8.72. The predicted octanol–water partition coefficient (Wildman–Crippen LogP) is 3.13. The normalized spacial score (nSPS) is 9.94. The van der Waals surface area contributed by atoms with Crippen LogP contribution in [0.15, 0.2) is 42.6 Å². The average molecular weight is 340 g/mol. The Bertz CT molecular complexity index is 558. The lowest BCUT2D eigenvalue weighted by Crippen LogP contribution is -2.04. The number of rotatable bonds is 3. The molecule has 86 valence electrons. The molecular formula is C12H9IN2O2. The Kier molecular flexibility index (Phi) is 3.58. The summed E-state index contributed by atoms with van der Waals surface area (Å²) in [4.78, 5) is 15.1. The van der Waals surface area contributed by atoms with Crippen LogP contribution in [-0.4, -0.2) is 16.1 Å². The van der Waals surface area contributed by atoms with Crippen molar-refractivity contribution in [3.05, 3.63) is 51.7 Å². The number of hydrogen-bond acceptors (Lipinski definition) is 3. The SMILES string of the molecule is O=C(O)c1cccnc1Nc1ccccc1I. The lowest BCUT2D eigenvalue weighted by atomic mass is 10.2. The van der Waals surface area contributed by atoms with Gasteiger partial charge in [0.15, 0.2) is 0 Å². The highest BCUT2D eigenvalue weighted by atomic mass is 127. The largest absolute Gasteiger partial charge is 0.478 e. The van der Waals surface area contributed by atoms with E-state index in [2.05, 4.69) is 32.9 Å². The molecule has 0 spiro atoms. The van der Waals surface area contributed by atoms with Crippen LogP contribution in [-0.2, 0) is 0 Å². The quantitative estimate of drug-likeness (QED) is 0.843. The summed E-state index contributed by atoms with van der Waals surface area (Å²) in [6, 6.07) is 10.7. The van der Waals surface area contributed by atoms with Gasteiger partial charge < -0.3 is 10.4 Å². The molecule has 5 heteroatoms. The van der Waals surface area contributed by atoms with Crippen molar-refractivity contribution in [2.24, 2.45) is 0 Å². The first-order chi connectivity index (χ1) is 8.18. The van der Waals surface area contributed by atoms with Gasteiger partial charge in [0.2, 0.25) is 0 Å². The lowest BCUT2D eigenvalue weighted by Gasteiger charge is -2.09. The molecule has 0 bridgehead atoms. The van der Waals surface area contributed by atoms with Crippen molar-refractivity contribution in [3.63, 3.8) is 0 Å². The summed E-state index contributed by atoms with van der Waals surface area (Å²) in [5, 5.41) is 12.1. The first-order valence-corrected chi connectivity index (χ1v) is 5.96. The fourth-order valence-electron chi connectivity index (χ4n) is 1.37. The molecule has 2 aromatic rings. The Morgan fingerprint density at radius 3 is 2.71 bits per heavy atom. The molecule has 2 N–H and O–H groups in total. The number of aromatic carboxylic acids is 1. The van der Waals surface area contributed by atoms with Gasteiger partial charge in [-0.25, -0.2) is 9.78 Å². The third kappa shape index (κ3) is 2.73. The maximum Gasteiger partial charge on any atom is 0.339 e. The molecule has 2 rings (SSSR count). The number of benzene rings is 1. The summed E-state index contributed by atoms with van der Waals surface area (Å²) in [7, 11) is 0. The first kappa shape index (κ1) is 11.8. The fraction of sp³-hybridized carbons (Fsp3) is 0. The van der Waals surface area contributed by atoms with Crippen molar-refractivity contribution in [2.75, 3.05) is 5.32 Å². The van der Waals surface area contributed by atoms with Crippen molar-refractivity contribution in [1.82, 2.24) is 4.98 Å². The average Bonchev–Trinajstić information content (AvgIpc) is 2.32. The van der Waals surface area contributed by atoms with Crippen LogP contribution in [0.2, 0.25) is 0 Å². The van der Waals surface area contributed by atoms with Crippen molar-refractivity contribution < 1.29 is 9.90 Å². The minimum atomic E-state index is -0.994. The molecule has 1 aromatic heterocycles. The molecule has 17 heavy (non-hydrogen) atoms. The zero-order valence-corrected chi connectivity index (χ0v) is 10.9. The molecule has 1 heterocycles. The standard InChI is InChI=1S/C12H9IN2O2/c13-9-5-1-2-6-10(9)15-11-8(12(16)17)4-3-7-14-11/h1-7H,(H,14,15)(H,16,17). The number of hydrogen-bond donors (Lipinski definition) is 2. The molecule has 0 unspecified atom stereocenters. The van der Waals surface area contributed by atoms with Gasteiger partial charge in [-0.2, -0.15) is 0 Å². The molecule has 0 atom stereocenters. The molecule has 0 aliphatic rings. The van der Waals surface area contributed by atoms with Gasteiger partial charge in [-0.3, -0.25) is 0 Å². The van der Waals surface area contributed by atoms with Crippen LogP contribution >= 0.6 is 22.6 Å². The fourth-order valence-corrected chi connectivity index (χ4v) is 1.89. The molecule has 0 aliphatic heterocycles. The molecule has 1 aromatic carbocycles. The van der Waals surface area contributed by atoms with Crippen molar-refractivity contribution in [1.29, 1.82) is 0 Å². The van der Waals surface area contributed by atoms with E-state index >= 15 is 0 Å². The van der Waals surface area contributed by atoms with Crippen LogP contribution in [0.25, 0.3) is 0 Å². The van der Waals surface area contributed by atoms with E-state index in [1.807, 2.05) is 24.3 Å². The second-order valence-electron chi connectivity index (χ2n) is 3.31. The number of anilines is 2. The monoisotopic (exact) mass is 340 g/mol. The van der Waals surface area contributed by atoms with Gasteiger partial charge >= 0.3 is 5.97 Å². The third-order valence-corrected chi connectivity index (χ3v) is 3.11. The number of carbonyl (C=O) groups is 1. The van der Waals surface area contributed by atoms with Gasteiger partial charge in [-0.05, 0) is 46.9 Å². The summed E-state index contributed by atoms with van der Waals surface area (Å²) in [5.41, 5.74) is 1.00. The summed E-state index contributed by atoms with van der Waals surface area (Å²) in [6.45, 7) is 0. The van der Waals surface area contributed by atoms with E-state index < -0.39 is 5.97 Å². The number of aromatic nitrogens is 1. The van der Waals surface area contributed by atoms with E-state index in [1.54, 1.807) is 12.3 Å². The minimum Gasteiger partial charge on any atom is -0.478 e. The van der Waals surface area contributed by atoms with Crippen LogP contribution in [0, 0.1) is 3.57 Å². The lowest BCUT2D eigenvalue weighted by molar-refractivity contribution is 0.0697.